The van der Waals surface area contributed by atoms with Crippen molar-refractivity contribution in [3.8, 4) is 11.5 Å². The number of nitrogens with zero attached hydrogens (tertiary/aromatic N) is 3. The largest absolute Gasteiger partial charge is 0.444 e. The summed E-state index contributed by atoms with van der Waals surface area (Å²) in [6.07, 6.45) is 10.6. The second kappa shape index (κ2) is 8.33. The van der Waals surface area contributed by atoms with Gasteiger partial charge in [0.15, 0.2) is 5.96 Å². The highest BCUT2D eigenvalue weighted by Gasteiger charge is 2.39. The fraction of sp³-hybridized carbons (Fsp3) is 0.545. The van der Waals surface area contributed by atoms with Gasteiger partial charge in [0.25, 0.3) is 0 Å². The van der Waals surface area contributed by atoms with Gasteiger partial charge < -0.3 is 14.6 Å². The SMILES string of the molecule is CN=C(NCCc1coc(-c2ccc(F)cc2)n1)N1CCC2(CCCCC2)C1. The van der Waals surface area contributed by atoms with Crippen LogP contribution in [0.25, 0.3) is 11.5 Å². The summed E-state index contributed by atoms with van der Waals surface area (Å²) in [5.74, 6) is 1.26. The summed E-state index contributed by atoms with van der Waals surface area (Å²) in [7, 11) is 1.86. The minimum absolute atomic E-state index is 0.261. The molecule has 0 atom stereocenters. The van der Waals surface area contributed by atoms with Crippen molar-refractivity contribution in [2.24, 2.45) is 10.4 Å². The molecule has 0 amide bonds. The number of aromatic nitrogens is 1. The third kappa shape index (κ3) is 4.21. The molecule has 5 nitrogen and oxygen atoms in total. The van der Waals surface area contributed by atoms with Crippen molar-refractivity contribution in [2.45, 2.75) is 44.9 Å². The van der Waals surface area contributed by atoms with Crippen LogP contribution >= 0.6 is 0 Å². The first-order valence-electron chi connectivity index (χ1n) is 10.3. The molecular formula is C22H29FN4O. The van der Waals surface area contributed by atoms with Crippen LogP contribution in [0.1, 0.15) is 44.2 Å². The maximum absolute atomic E-state index is 13.1. The zero-order chi connectivity index (χ0) is 19.4. The van der Waals surface area contributed by atoms with Crippen LogP contribution in [0, 0.1) is 11.2 Å². The lowest BCUT2D eigenvalue weighted by Gasteiger charge is -2.33. The van der Waals surface area contributed by atoms with Crippen LogP contribution in [-0.2, 0) is 6.42 Å². The second-order valence-electron chi connectivity index (χ2n) is 8.11. The number of hydrogen-bond acceptors (Lipinski definition) is 3. The number of hydrogen-bond donors (Lipinski definition) is 1. The van der Waals surface area contributed by atoms with Gasteiger partial charge in [-0.25, -0.2) is 9.37 Å². The lowest BCUT2D eigenvalue weighted by molar-refractivity contribution is 0.203. The van der Waals surface area contributed by atoms with E-state index in [0.29, 0.717) is 11.3 Å². The first kappa shape index (κ1) is 19.0. The highest BCUT2D eigenvalue weighted by molar-refractivity contribution is 5.80. The lowest BCUT2D eigenvalue weighted by Crippen LogP contribution is -2.42. The molecule has 0 radical (unpaired) electrons. The monoisotopic (exact) mass is 384 g/mol. The van der Waals surface area contributed by atoms with Crippen LogP contribution in [0.15, 0.2) is 39.9 Å². The van der Waals surface area contributed by atoms with E-state index in [0.717, 1.165) is 43.3 Å². The van der Waals surface area contributed by atoms with E-state index in [2.05, 4.69) is 20.2 Å². The molecule has 2 aromatic rings. The molecule has 1 aromatic heterocycles. The average Bonchev–Trinajstić information content (AvgIpc) is 3.34. The van der Waals surface area contributed by atoms with Gasteiger partial charge in [-0.05, 0) is 48.9 Å². The predicted molar refractivity (Wildman–Crippen MR) is 109 cm³/mol. The Labute approximate surface area is 166 Å². The number of nitrogens with one attached hydrogen (secondary N) is 1. The molecule has 1 saturated carbocycles. The third-order valence-electron chi connectivity index (χ3n) is 6.17. The normalized spacial score (nSPS) is 19.4. The minimum Gasteiger partial charge on any atom is -0.444 e. The molecule has 4 rings (SSSR count). The maximum atomic E-state index is 13.1. The van der Waals surface area contributed by atoms with E-state index < -0.39 is 0 Å². The van der Waals surface area contributed by atoms with Crippen LogP contribution in [0.4, 0.5) is 4.39 Å². The second-order valence-corrected chi connectivity index (χ2v) is 8.11. The number of likely N-dealkylation sites (tertiary alicyclic amines) is 1. The van der Waals surface area contributed by atoms with E-state index in [9.17, 15) is 4.39 Å². The summed E-state index contributed by atoms with van der Waals surface area (Å²) in [5, 5.41) is 3.48. The first-order valence-corrected chi connectivity index (χ1v) is 10.3. The minimum atomic E-state index is -0.261. The van der Waals surface area contributed by atoms with Gasteiger partial charge in [0.2, 0.25) is 5.89 Å². The van der Waals surface area contributed by atoms with Crippen LogP contribution in [-0.4, -0.2) is 42.5 Å². The molecule has 1 spiro atoms. The highest BCUT2D eigenvalue weighted by atomic mass is 19.1. The van der Waals surface area contributed by atoms with E-state index in [1.807, 2.05) is 7.05 Å². The standard InChI is InChI=1S/C22H29FN4O/c1-24-21(27-14-12-22(16-27)10-3-2-4-11-22)25-13-9-19-15-28-20(26-19)17-5-7-18(23)8-6-17/h5-8,15H,2-4,9-14,16H2,1H3,(H,24,25). The molecule has 28 heavy (non-hydrogen) atoms. The zero-order valence-corrected chi connectivity index (χ0v) is 16.6. The van der Waals surface area contributed by atoms with E-state index in [1.165, 1.54) is 50.7 Å². The molecule has 2 aliphatic rings. The van der Waals surface area contributed by atoms with Crippen molar-refractivity contribution in [2.75, 3.05) is 26.7 Å². The summed E-state index contributed by atoms with van der Waals surface area (Å²) in [6, 6.07) is 6.19. The molecule has 0 unspecified atom stereocenters. The zero-order valence-electron chi connectivity index (χ0n) is 16.6. The Hall–Kier alpha value is -2.37. The molecule has 1 aromatic carbocycles. The Morgan fingerprint density at radius 2 is 2.00 bits per heavy atom. The summed E-state index contributed by atoms with van der Waals surface area (Å²) >= 11 is 0. The molecule has 0 bridgehead atoms. The lowest BCUT2D eigenvalue weighted by atomic mass is 9.73. The Balaban J connectivity index is 1.29. The highest BCUT2D eigenvalue weighted by Crippen LogP contribution is 2.43. The van der Waals surface area contributed by atoms with E-state index in [-0.39, 0.29) is 5.82 Å². The van der Waals surface area contributed by atoms with E-state index in [1.54, 1.807) is 18.4 Å². The third-order valence-corrected chi connectivity index (χ3v) is 6.17. The van der Waals surface area contributed by atoms with Crippen molar-refractivity contribution >= 4 is 5.96 Å². The average molecular weight is 384 g/mol. The number of guanidine groups is 1. The number of aliphatic imine (C=N–C) groups is 1. The summed E-state index contributed by atoms with van der Waals surface area (Å²) < 4.78 is 18.6. The fourth-order valence-corrected chi connectivity index (χ4v) is 4.61. The summed E-state index contributed by atoms with van der Waals surface area (Å²) in [5.41, 5.74) is 2.19. The molecule has 1 saturated heterocycles. The first-order chi connectivity index (χ1) is 13.7. The van der Waals surface area contributed by atoms with E-state index in [4.69, 9.17) is 4.42 Å². The molecule has 1 aliphatic heterocycles. The molecule has 1 aliphatic carbocycles. The topological polar surface area (TPSA) is 53.7 Å². The predicted octanol–water partition coefficient (Wildman–Crippen LogP) is 4.25. The van der Waals surface area contributed by atoms with Crippen LogP contribution < -0.4 is 5.32 Å². The van der Waals surface area contributed by atoms with Gasteiger partial charge in [-0.2, -0.15) is 0 Å². The van der Waals surface area contributed by atoms with Gasteiger partial charge in [0.05, 0.1) is 5.69 Å². The molecule has 6 heteroatoms. The molecule has 1 N–H and O–H groups in total. The molecule has 150 valence electrons. The Morgan fingerprint density at radius 1 is 1.21 bits per heavy atom. The number of benzene rings is 1. The summed E-state index contributed by atoms with van der Waals surface area (Å²) in [4.78, 5) is 11.4. The fourth-order valence-electron chi connectivity index (χ4n) is 4.61. The number of oxazole rings is 1. The maximum Gasteiger partial charge on any atom is 0.226 e. The van der Waals surface area contributed by atoms with Gasteiger partial charge in [-0.1, -0.05) is 19.3 Å². The van der Waals surface area contributed by atoms with Crippen LogP contribution in [0.3, 0.4) is 0 Å². The van der Waals surface area contributed by atoms with Crippen molar-refractivity contribution in [1.82, 2.24) is 15.2 Å². The smallest absolute Gasteiger partial charge is 0.226 e. The Bertz CT molecular complexity index is 808. The van der Waals surface area contributed by atoms with Gasteiger partial charge in [-0.15, -0.1) is 0 Å². The molecule has 2 fully saturated rings. The number of rotatable bonds is 4. The van der Waals surface area contributed by atoms with E-state index >= 15 is 0 Å². The van der Waals surface area contributed by atoms with Crippen molar-refractivity contribution < 1.29 is 8.81 Å². The van der Waals surface area contributed by atoms with Gasteiger partial charge >= 0.3 is 0 Å². The van der Waals surface area contributed by atoms with Crippen LogP contribution in [0.5, 0.6) is 0 Å². The van der Waals surface area contributed by atoms with Crippen molar-refractivity contribution in [1.29, 1.82) is 0 Å². The van der Waals surface area contributed by atoms with Crippen molar-refractivity contribution in [3.63, 3.8) is 0 Å². The van der Waals surface area contributed by atoms with Gasteiger partial charge in [0, 0.05) is 38.7 Å². The van der Waals surface area contributed by atoms with Crippen LogP contribution in [0.2, 0.25) is 0 Å². The van der Waals surface area contributed by atoms with Gasteiger partial charge in [0.1, 0.15) is 12.1 Å². The molecule has 2 heterocycles. The quantitative estimate of drug-likeness (QED) is 0.632. The number of halogens is 1. The summed E-state index contributed by atoms with van der Waals surface area (Å²) in [6.45, 7) is 2.98. The Kier molecular flexibility index (Phi) is 5.64. The molecular weight excluding hydrogens is 355 g/mol. The van der Waals surface area contributed by atoms with Crippen molar-refractivity contribution in [3.05, 3.63) is 42.0 Å². The van der Waals surface area contributed by atoms with Gasteiger partial charge in [-0.3, -0.25) is 4.99 Å². The Morgan fingerprint density at radius 3 is 2.75 bits per heavy atom.